The van der Waals surface area contributed by atoms with E-state index >= 15 is 0 Å². The summed E-state index contributed by atoms with van der Waals surface area (Å²) in [7, 11) is 0. The molecule has 0 bridgehead atoms. The second-order valence-corrected chi connectivity index (χ2v) is 2.06. The average Bonchev–Trinajstić information content (AvgIpc) is 2.49. The first kappa shape index (κ1) is 4.06. The molecule has 0 spiro atoms. The van der Waals surface area contributed by atoms with Gasteiger partial charge in [0.2, 0.25) is 6.39 Å². The van der Waals surface area contributed by atoms with Gasteiger partial charge in [0, 0.05) is 5.92 Å². The van der Waals surface area contributed by atoms with E-state index in [-0.39, 0.29) is 0 Å². The maximum atomic E-state index is 4.55. The molecule has 0 saturated heterocycles. The van der Waals surface area contributed by atoms with E-state index in [1.54, 1.807) is 0 Å². The standard InChI is InChI=1S/C5H6N2O/c1-2-4(1)5-6-3-8-7-5/h3-4H,1-2H2. The zero-order valence-corrected chi connectivity index (χ0v) is 4.37. The van der Waals surface area contributed by atoms with Crippen molar-refractivity contribution in [3.05, 3.63) is 12.2 Å². The number of rotatable bonds is 1. The minimum Gasteiger partial charge on any atom is -0.343 e. The Labute approximate surface area is 46.7 Å². The molecule has 1 heterocycles. The molecule has 1 aliphatic rings. The SMILES string of the molecule is c1nc(C2CC2)no1. The number of aromatic nitrogens is 2. The molecule has 3 nitrogen and oxygen atoms in total. The van der Waals surface area contributed by atoms with Gasteiger partial charge in [0.25, 0.3) is 0 Å². The minimum atomic E-state index is 0.619. The minimum absolute atomic E-state index is 0.619. The molecule has 0 aliphatic heterocycles. The molecule has 42 valence electrons. The second-order valence-electron chi connectivity index (χ2n) is 2.06. The maximum Gasteiger partial charge on any atom is 0.213 e. The second kappa shape index (κ2) is 1.31. The Morgan fingerprint density at radius 1 is 1.62 bits per heavy atom. The smallest absolute Gasteiger partial charge is 0.213 e. The topological polar surface area (TPSA) is 38.9 Å². The van der Waals surface area contributed by atoms with Gasteiger partial charge in [-0.1, -0.05) is 5.16 Å². The van der Waals surface area contributed by atoms with Gasteiger partial charge in [-0.05, 0) is 12.8 Å². The first-order valence-corrected chi connectivity index (χ1v) is 2.73. The third-order valence-electron chi connectivity index (χ3n) is 1.32. The average molecular weight is 110 g/mol. The van der Waals surface area contributed by atoms with E-state index in [9.17, 15) is 0 Å². The lowest BCUT2D eigenvalue weighted by atomic mass is 10.4. The van der Waals surface area contributed by atoms with E-state index in [2.05, 4.69) is 14.7 Å². The molecule has 1 fully saturated rings. The molecule has 0 radical (unpaired) electrons. The van der Waals surface area contributed by atoms with Gasteiger partial charge in [0.05, 0.1) is 0 Å². The summed E-state index contributed by atoms with van der Waals surface area (Å²) in [4.78, 5) is 3.90. The van der Waals surface area contributed by atoms with Gasteiger partial charge in [0.1, 0.15) is 0 Å². The zero-order valence-electron chi connectivity index (χ0n) is 4.37. The highest BCUT2D eigenvalue weighted by molar-refractivity contribution is 5.00. The summed E-state index contributed by atoms with van der Waals surface area (Å²) in [5, 5.41) is 3.69. The Bertz CT molecular complexity index is 167. The fourth-order valence-corrected chi connectivity index (χ4v) is 0.700. The van der Waals surface area contributed by atoms with Crippen molar-refractivity contribution in [2.24, 2.45) is 0 Å². The lowest BCUT2D eigenvalue weighted by Crippen LogP contribution is -1.78. The van der Waals surface area contributed by atoms with Crippen molar-refractivity contribution < 1.29 is 4.52 Å². The van der Waals surface area contributed by atoms with Gasteiger partial charge in [-0.3, -0.25) is 0 Å². The Morgan fingerprint density at radius 3 is 3.00 bits per heavy atom. The fourth-order valence-electron chi connectivity index (χ4n) is 0.700. The van der Waals surface area contributed by atoms with E-state index in [0.717, 1.165) is 5.82 Å². The Morgan fingerprint density at radius 2 is 2.50 bits per heavy atom. The lowest BCUT2D eigenvalue weighted by Gasteiger charge is -1.76. The third kappa shape index (κ3) is 0.510. The molecular formula is C5H6N2O. The van der Waals surface area contributed by atoms with Crippen molar-refractivity contribution in [3.63, 3.8) is 0 Å². The molecule has 0 amide bonds. The van der Waals surface area contributed by atoms with Crippen LogP contribution in [-0.2, 0) is 0 Å². The predicted molar refractivity (Wildman–Crippen MR) is 26.3 cm³/mol. The van der Waals surface area contributed by atoms with E-state index in [0.29, 0.717) is 5.92 Å². The van der Waals surface area contributed by atoms with Crippen molar-refractivity contribution in [2.45, 2.75) is 18.8 Å². The van der Waals surface area contributed by atoms with Crippen LogP contribution < -0.4 is 0 Å². The van der Waals surface area contributed by atoms with E-state index in [1.807, 2.05) is 0 Å². The largest absolute Gasteiger partial charge is 0.343 e. The molecule has 0 unspecified atom stereocenters. The summed E-state index contributed by atoms with van der Waals surface area (Å²) < 4.78 is 4.55. The third-order valence-corrected chi connectivity index (χ3v) is 1.32. The predicted octanol–water partition coefficient (Wildman–Crippen LogP) is 0.947. The summed E-state index contributed by atoms with van der Waals surface area (Å²) in [6.07, 6.45) is 3.85. The Hall–Kier alpha value is -0.860. The van der Waals surface area contributed by atoms with Gasteiger partial charge in [0.15, 0.2) is 5.82 Å². The highest BCUT2D eigenvalue weighted by atomic mass is 16.5. The van der Waals surface area contributed by atoms with Crippen LogP contribution in [0.2, 0.25) is 0 Å². The van der Waals surface area contributed by atoms with Crippen molar-refractivity contribution in [3.8, 4) is 0 Å². The summed E-state index contributed by atoms with van der Waals surface area (Å²) in [6, 6.07) is 0. The van der Waals surface area contributed by atoms with Crippen LogP contribution in [0.4, 0.5) is 0 Å². The lowest BCUT2D eigenvalue weighted by molar-refractivity contribution is 0.410. The summed E-state index contributed by atoms with van der Waals surface area (Å²) >= 11 is 0. The monoisotopic (exact) mass is 110 g/mol. The molecule has 1 aromatic heterocycles. The molecule has 1 saturated carbocycles. The van der Waals surface area contributed by atoms with Crippen LogP contribution >= 0.6 is 0 Å². The quantitative estimate of drug-likeness (QED) is 0.540. The highest BCUT2D eigenvalue weighted by Gasteiger charge is 2.27. The Kier molecular flexibility index (Phi) is 0.664. The molecule has 0 N–H and O–H groups in total. The van der Waals surface area contributed by atoms with Gasteiger partial charge in [-0.2, -0.15) is 4.98 Å². The van der Waals surface area contributed by atoms with E-state index < -0.39 is 0 Å². The zero-order chi connectivity index (χ0) is 5.40. The molecule has 0 atom stereocenters. The van der Waals surface area contributed by atoms with Gasteiger partial charge >= 0.3 is 0 Å². The van der Waals surface area contributed by atoms with Crippen LogP contribution in [0.3, 0.4) is 0 Å². The molecule has 0 aromatic carbocycles. The first-order valence-electron chi connectivity index (χ1n) is 2.73. The van der Waals surface area contributed by atoms with Gasteiger partial charge < -0.3 is 4.52 Å². The number of hydrogen-bond donors (Lipinski definition) is 0. The summed E-state index contributed by atoms with van der Waals surface area (Å²) in [5.41, 5.74) is 0. The molecule has 1 aromatic rings. The van der Waals surface area contributed by atoms with Crippen LogP contribution in [0, 0.1) is 0 Å². The fraction of sp³-hybridized carbons (Fsp3) is 0.600. The van der Waals surface area contributed by atoms with Gasteiger partial charge in [-0.15, -0.1) is 0 Å². The van der Waals surface area contributed by atoms with Crippen LogP contribution in [0.5, 0.6) is 0 Å². The highest BCUT2D eigenvalue weighted by Crippen LogP contribution is 2.37. The van der Waals surface area contributed by atoms with Crippen LogP contribution in [0.25, 0.3) is 0 Å². The first-order chi connectivity index (χ1) is 3.97. The molecule has 8 heavy (non-hydrogen) atoms. The van der Waals surface area contributed by atoms with Crippen molar-refractivity contribution in [2.75, 3.05) is 0 Å². The van der Waals surface area contributed by atoms with Crippen LogP contribution in [-0.4, -0.2) is 10.1 Å². The molecule has 3 heteroatoms. The summed E-state index contributed by atoms with van der Waals surface area (Å²) in [6.45, 7) is 0. The summed E-state index contributed by atoms with van der Waals surface area (Å²) in [5.74, 6) is 1.50. The van der Waals surface area contributed by atoms with Crippen LogP contribution in [0.15, 0.2) is 10.9 Å². The van der Waals surface area contributed by atoms with Crippen LogP contribution in [0.1, 0.15) is 24.6 Å². The maximum absolute atomic E-state index is 4.55. The molecule has 2 rings (SSSR count). The molecular weight excluding hydrogens is 104 g/mol. The number of nitrogens with zero attached hydrogens (tertiary/aromatic N) is 2. The van der Waals surface area contributed by atoms with Crippen molar-refractivity contribution >= 4 is 0 Å². The molecule has 1 aliphatic carbocycles. The van der Waals surface area contributed by atoms with Gasteiger partial charge in [-0.25, -0.2) is 0 Å². The number of hydrogen-bond acceptors (Lipinski definition) is 3. The van der Waals surface area contributed by atoms with E-state index in [4.69, 9.17) is 0 Å². The van der Waals surface area contributed by atoms with Crippen molar-refractivity contribution in [1.82, 2.24) is 10.1 Å². The van der Waals surface area contributed by atoms with Crippen molar-refractivity contribution in [1.29, 1.82) is 0 Å². The normalized spacial score (nSPS) is 19.0. The Balaban J connectivity index is 2.28. The van der Waals surface area contributed by atoms with E-state index in [1.165, 1.54) is 19.2 Å².